The molecule has 2 N–H and O–H groups in total. The van der Waals surface area contributed by atoms with E-state index in [0.717, 1.165) is 37.2 Å². The van der Waals surface area contributed by atoms with Gasteiger partial charge in [0.2, 0.25) is 0 Å². The molecule has 1 saturated carbocycles. The second-order valence-corrected chi connectivity index (χ2v) is 6.02. The van der Waals surface area contributed by atoms with Crippen LogP contribution in [0.5, 0.6) is 0 Å². The van der Waals surface area contributed by atoms with Crippen LogP contribution in [0.4, 0.5) is 0 Å². The number of rotatable bonds is 6. The molecule has 0 aliphatic heterocycles. The van der Waals surface area contributed by atoms with Crippen molar-refractivity contribution in [2.24, 2.45) is 5.92 Å². The summed E-state index contributed by atoms with van der Waals surface area (Å²) in [6.45, 7) is 2.41. The zero-order chi connectivity index (χ0) is 15.3. The molecule has 0 spiro atoms. The number of ether oxygens (including phenoxy) is 1. The zero-order valence-corrected chi connectivity index (χ0v) is 12.8. The number of benzene rings is 1. The van der Waals surface area contributed by atoms with Gasteiger partial charge in [-0.2, -0.15) is 0 Å². The fourth-order valence-electron chi connectivity index (χ4n) is 2.95. The third kappa shape index (κ3) is 3.63. The number of carboxylic acids is 1. The molecule has 1 aromatic rings. The molecule has 1 aromatic carbocycles. The Morgan fingerprint density at radius 1 is 1.29 bits per heavy atom. The normalized spacial score (nSPS) is 25.2. The molecule has 1 fully saturated rings. The highest BCUT2D eigenvalue weighted by atomic mass is 16.5. The topological polar surface area (TPSA) is 58.6 Å². The predicted molar refractivity (Wildman–Crippen MR) is 82.2 cm³/mol. The van der Waals surface area contributed by atoms with Gasteiger partial charge in [0.1, 0.15) is 0 Å². The molecular formula is C17H25NO3. The molecule has 0 radical (unpaired) electrons. The average Bonchev–Trinajstić information content (AvgIpc) is 2.51. The fourth-order valence-corrected chi connectivity index (χ4v) is 2.95. The summed E-state index contributed by atoms with van der Waals surface area (Å²) in [5.41, 5.74) is -0.450. The molecule has 2 rings (SSSR count). The van der Waals surface area contributed by atoms with Crippen molar-refractivity contribution in [3.8, 4) is 0 Å². The highest BCUT2D eigenvalue weighted by Crippen LogP contribution is 2.28. The molecule has 0 aromatic heterocycles. The molecular weight excluding hydrogens is 266 g/mol. The van der Waals surface area contributed by atoms with E-state index in [4.69, 9.17) is 4.74 Å². The standard InChI is InChI=1S/C17H25NO3/c1-13-8-10-15(11-9-13)21-12-17(18-2,16(19)20)14-6-4-3-5-7-14/h3-7,13,15,18H,8-12H2,1-2H3,(H,19,20). The molecule has 0 heterocycles. The van der Waals surface area contributed by atoms with E-state index in [1.54, 1.807) is 7.05 Å². The molecule has 1 atom stereocenters. The Morgan fingerprint density at radius 2 is 1.90 bits per heavy atom. The molecule has 4 heteroatoms. The van der Waals surface area contributed by atoms with Crippen molar-refractivity contribution in [1.29, 1.82) is 0 Å². The summed E-state index contributed by atoms with van der Waals surface area (Å²) in [6.07, 6.45) is 4.55. The van der Waals surface area contributed by atoms with E-state index in [-0.39, 0.29) is 12.7 Å². The van der Waals surface area contributed by atoms with Gasteiger partial charge in [-0.25, -0.2) is 4.79 Å². The molecule has 4 nitrogen and oxygen atoms in total. The minimum Gasteiger partial charge on any atom is -0.480 e. The van der Waals surface area contributed by atoms with Crippen LogP contribution < -0.4 is 5.32 Å². The van der Waals surface area contributed by atoms with Crippen molar-refractivity contribution < 1.29 is 14.6 Å². The first-order valence-corrected chi connectivity index (χ1v) is 7.68. The lowest BCUT2D eigenvalue weighted by atomic mass is 9.88. The number of hydrogen-bond donors (Lipinski definition) is 2. The van der Waals surface area contributed by atoms with Crippen LogP contribution in [0.15, 0.2) is 30.3 Å². The highest BCUT2D eigenvalue weighted by molar-refractivity contribution is 5.81. The van der Waals surface area contributed by atoms with Crippen molar-refractivity contribution in [1.82, 2.24) is 5.32 Å². The Kier molecular flexibility index (Phi) is 5.37. The maximum atomic E-state index is 11.8. The first-order valence-electron chi connectivity index (χ1n) is 7.68. The number of likely N-dealkylation sites (N-methyl/N-ethyl adjacent to an activating group) is 1. The number of aliphatic carboxylic acids is 1. The van der Waals surface area contributed by atoms with E-state index < -0.39 is 11.5 Å². The van der Waals surface area contributed by atoms with Gasteiger partial charge in [-0.3, -0.25) is 5.32 Å². The Hall–Kier alpha value is -1.39. The van der Waals surface area contributed by atoms with Crippen molar-refractivity contribution in [3.05, 3.63) is 35.9 Å². The first kappa shape index (κ1) is 16.0. The summed E-state index contributed by atoms with van der Waals surface area (Å²) in [5, 5.41) is 12.7. The van der Waals surface area contributed by atoms with Crippen LogP contribution in [0.1, 0.15) is 38.2 Å². The summed E-state index contributed by atoms with van der Waals surface area (Å²) in [7, 11) is 1.67. The predicted octanol–water partition coefficient (Wildman–Crippen LogP) is 2.78. The molecule has 116 valence electrons. The van der Waals surface area contributed by atoms with Gasteiger partial charge in [-0.1, -0.05) is 37.3 Å². The van der Waals surface area contributed by atoms with Crippen LogP contribution in [0.25, 0.3) is 0 Å². The van der Waals surface area contributed by atoms with Crippen molar-refractivity contribution in [3.63, 3.8) is 0 Å². The molecule has 0 amide bonds. The minimum atomic E-state index is -1.18. The number of nitrogens with one attached hydrogen (secondary N) is 1. The largest absolute Gasteiger partial charge is 0.480 e. The van der Waals surface area contributed by atoms with E-state index in [0.29, 0.717) is 0 Å². The van der Waals surface area contributed by atoms with Gasteiger partial charge in [-0.15, -0.1) is 0 Å². The van der Waals surface area contributed by atoms with Gasteiger partial charge < -0.3 is 9.84 Å². The van der Waals surface area contributed by atoms with Crippen LogP contribution in [-0.2, 0) is 15.1 Å². The summed E-state index contributed by atoms with van der Waals surface area (Å²) < 4.78 is 5.96. The molecule has 21 heavy (non-hydrogen) atoms. The van der Waals surface area contributed by atoms with Gasteiger partial charge >= 0.3 is 5.97 Å². The van der Waals surface area contributed by atoms with Crippen molar-refractivity contribution >= 4 is 5.97 Å². The second-order valence-electron chi connectivity index (χ2n) is 6.02. The second kappa shape index (κ2) is 7.05. The Bertz CT molecular complexity index is 454. The Labute approximate surface area is 126 Å². The van der Waals surface area contributed by atoms with Crippen LogP contribution in [-0.4, -0.2) is 30.8 Å². The third-order valence-corrected chi connectivity index (χ3v) is 4.56. The van der Waals surface area contributed by atoms with E-state index in [1.807, 2.05) is 30.3 Å². The third-order valence-electron chi connectivity index (χ3n) is 4.56. The Morgan fingerprint density at radius 3 is 2.43 bits per heavy atom. The van der Waals surface area contributed by atoms with Crippen LogP contribution >= 0.6 is 0 Å². The summed E-state index contributed by atoms with van der Waals surface area (Å²) in [6, 6.07) is 9.25. The molecule has 0 saturated heterocycles. The maximum Gasteiger partial charge on any atom is 0.330 e. The van der Waals surface area contributed by atoms with Crippen LogP contribution in [0.2, 0.25) is 0 Å². The zero-order valence-electron chi connectivity index (χ0n) is 12.8. The lowest BCUT2D eigenvalue weighted by Crippen LogP contribution is -2.51. The van der Waals surface area contributed by atoms with Gasteiger partial charge in [0.15, 0.2) is 5.54 Å². The van der Waals surface area contributed by atoms with E-state index in [1.165, 1.54) is 0 Å². The van der Waals surface area contributed by atoms with E-state index in [9.17, 15) is 9.90 Å². The number of carbonyl (C=O) groups is 1. The SMILES string of the molecule is CNC(COC1CCC(C)CC1)(C(=O)O)c1ccccc1. The summed E-state index contributed by atoms with van der Waals surface area (Å²) in [4.78, 5) is 11.8. The fraction of sp³-hybridized carbons (Fsp3) is 0.588. The molecule has 0 bridgehead atoms. The van der Waals surface area contributed by atoms with E-state index in [2.05, 4.69) is 12.2 Å². The van der Waals surface area contributed by atoms with Gasteiger partial charge in [0.05, 0.1) is 12.7 Å². The van der Waals surface area contributed by atoms with Crippen molar-refractivity contribution in [2.45, 2.75) is 44.2 Å². The minimum absolute atomic E-state index is 0.155. The van der Waals surface area contributed by atoms with Gasteiger partial charge in [0, 0.05) is 0 Å². The lowest BCUT2D eigenvalue weighted by molar-refractivity contribution is -0.150. The Balaban J connectivity index is 2.09. The average molecular weight is 291 g/mol. The number of carboxylic acid groups (broad SMARTS) is 1. The highest BCUT2D eigenvalue weighted by Gasteiger charge is 2.40. The van der Waals surface area contributed by atoms with Crippen LogP contribution in [0, 0.1) is 5.92 Å². The smallest absolute Gasteiger partial charge is 0.330 e. The first-order chi connectivity index (χ1) is 10.1. The van der Waals surface area contributed by atoms with Gasteiger partial charge in [-0.05, 0) is 44.2 Å². The lowest BCUT2D eigenvalue weighted by Gasteiger charge is -2.33. The molecule has 1 aliphatic carbocycles. The van der Waals surface area contributed by atoms with Gasteiger partial charge in [0.25, 0.3) is 0 Å². The molecule has 1 aliphatic rings. The monoisotopic (exact) mass is 291 g/mol. The summed E-state index contributed by atoms with van der Waals surface area (Å²) >= 11 is 0. The maximum absolute atomic E-state index is 11.8. The van der Waals surface area contributed by atoms with Crippen molar-refractivity contribution in [2.75, 3.05) is 13.7 Å². The van der Waals surface area contributed by atoms with Crippen LogP contribution in [0.3, 0.4) is 0 Å². The molecule has 1 unspecified atom stereocenters. The summed E-state index contributed by atoms with van der Waals surface area (Å²) in [5.74, 6) is -0.145. The quantitative estimate of drug-likeness (QED) is 0.846. The van der Waals surface area contributed by atoms with E-state index >= 15 is 0 Å². The number of hydrogen-bond acceptors (Lipinski definition) is 3.